The number of benzene rings is 1. The zero-order valence-corrected chi connectivity index (χ0v) is 12.9. The predicted octanol–water partition coefficient (Wildman–Crippen LogP) is 4.21. The maximum absolute atomic E-state index is 12.4. The van der Waals surface area contributed by atoms with Gasteiger partial charge in [0.15, 0.2) is 0 Å². The summed E-state index contributed by atoms with van der Waals surface area (Å²) in [5, 5.41) is 3.03. The summed E-state index contributed by atoms with van der Waals surface area (Å²) in [6.45, 7) is 12.3. The van der Waals surface area contributed by atoms with Crippen molar-refractivity contribution in [3.63, 3.8) is 0 Å². The van der Waals surface area contributed by atoms with E-state index in [2.05, 4.69) is 30.4 Å². The first-order valence-corrected chi connectivity index (χ1v) is 7.05. The zero-order chi connectivity index (χ0) is 14.6. The Hall–Kier alpha value is -1.51. The minimum Gasteiger partial charge on any atom is -0.320 e. The average molecular weight is 262 g/mol. The number of hydrogen-bond acceptors (Lipinski definition) is 1. The van der Waals surface area contributed by atoms with Gasteiger partial charge in [0.05, 0.1) is 0 Å². The summed E-state index contributed by atoms with van der Waals surface area (Å²) in [4.78, 5) is 14.2. The summed E-state index contributed by atoms with van der Waals surface area (Å²) in [6.07, 6.45) is 0.973. The number of hydrogen-bond donors (Lipinski definition) is 1. The molecule has 0 unspecified atom stereocenters. The standard InChI is InChI=1S/C16H26N2O/c1-7-14-9-8-13(6)15(10-14)17-16(19)18(11(2)3)12(4)5/h8-12H,7H2,1-6H3,(H,17,19). The van der Waals surface area contributed by atoms with Crippen LogP contribution in [0.2, 0.25) is 0 Å². The summed E-state index contributed by atoms with van der Waals surface area (Å²) < 4.78 is 0. The van der Waals surface area contributed by atoms with E-state index in [0.29, 0.717) is 0 Å². The minimum atomic E-state index is -0.0265. The summed E-state index contributed by atoms with van der Waals surface area (Å²) in [7, 11) is 0. The molecular weight excluding hydrogens is 236 g/mol. The van der Waals surface area contributed by atoms with Gasteiger partial charge in [-0.05, 0) is 58.2 Å². The number of nitrogens with zero attached hydrogens (tertiary/aromatic N) is 1. The van der Waals surface area contributed by atoms with Crippen molar-refractivity contribution in [3.8, 4) is 0 Å². The van der Waals surface area contributed by atoms with Crippen LogP contribution in [0.4, 0.5) is 10.5 Å². The smallest absolute Gasteiger partial charge is 0.320 e. The Labute approximate surface area is 117 Å². The topological polar surface area (TPSA) is 32.3 Å². The molecule has 3 heteroatoms. The van der Waals surface area contributed by atoms with Crippen molar-refractivity contribution in [1.82, 2.24) is 4.90 Å². The highest BCUT2D eigenvalue weighted by molar-refractivity contribution is 5.90. The lowest BCUT2D eigenvalue weighted by atomic mass is 10.1. The van der Waals surface area contributed by atoms with Gasteiger partial charge in [-0.25, -0.2) is 4.79 Å². The van der Waals surface area contributed by atoms with Crippen molar-refractivity contribution < 1.29 is 4.79 Å². The van der Waals surface area contributed by atoms with E-state index in [0.717, 1.165) is 17.7 Å². The second-order valence-electron chi connectivity index (χ2n) is 5.53. The summed E-state index contributed by atoms with van der Waals surface area (Å²) in [5.41, 5.74) is 3.25. The van der Waals surface area contributed by atoms with Crippen molar-refractivity contribution in [1.29, 1.82) is 0 Å². The zero-order valence-electron chi connectivity index (χ0n) is 12.9. The van der Waals surface area contributed by atoms with Gasteiger partial charge in [0, 0.05) is 17.8 Å². The van der Waals surface area contributed by atoms with E-state index in [-0.39, 0.29) is 18.1 Å². The van der Waals surface area contributed by atoms with Gasteiger partial charge >= 0.3 is 6.03 Å². The van der Waals surface area contributed by atoms with E-state index >= 15 is 0 Å². The largest absolute Gasteiger partial charge is 0.322 e. The van der Waals surface area contributed by atoms with E-state index in [4.69, 9.17) is 0 Å². The Morgan fingerprint density at radius 1 is 1.21 bits per heavy atom. The second-order valence-corrected chi connectivity index (χ2v) is 5.53. The number of aryl methyl sites for hydroxylation is 2. The molecule has 1 rings (SSSR count). The molecule has 0 aliphatic heterocycles. The lowest BCUT2D eigenvalue weighted by molar-refractivity contribution is 0.178. The Balaban J connectivity index is 2.92. The molecule has 19 heavy (non-hydrogen) atoms. The molecule has 0 saturated carbocycles. The fraction of sp³-hybridized carbons (Fsp3) is 0.562. The van der Waals surface area contributed by atoms with Crippen molar-refractivity contribution in [3.05, 3.63) is 29.3 Å². The van der Waals surface area contributed by atoms with E-state index in [1.807, 2.05) is 39.5 Å². The number of nitrogens with one attached hydrogen (secondary N) is 1. The average Bonchev–Trinajstić information content (AvgIpc) is 2.30. The second kappa shape index (κ2) is 6.60. The van der Waals surface area contributed by atoms with Gasteiger partial charge in [-0.3, -0.25) is 0 Å². The van der Waals surface area contributed by atoms with Crippen LogP contribution in [0.5, 0.6) is 0 Å². The molecule has 0 heterocycles. The molecule has 0 spiro atoms. The summed E-state index contributed by atoms with van der Waals surface area (Å²) >= 11 is 0. The molecule has 0 radical (unpaired) electrons. The third-order valence-corrected chi connectivity index (χ3v) is 3.30. The van der Waals surface area contributed by atoms with Crippen LogP contribution in [0.25, 0.3) is 0 Å². The molecule has 0 aliphatic rings. The Morgan fingerprint density at radius 3 is 2.26 bits per heavy atom. The van der Waals surface area contributed by atoms with Gasteiger partial charge < -0.3 is 10.2 Å². The fourth-order valence-corrected chi connectivity index (χ4v) is 2.27. The van der Waals surface area contributed by atoms with Gasteiger partial charge in [0.25, 0.3) is 0 Å². The molecule has 106 valence electrons. The number of amides is 2. The first-order chi connectivity index (χ1) is 8.86. The Kier molecular flexibility index (Phi) is 5.40. The van der Waals surface area contributed by atoms with Crippen LogP contribution in [0.15, 0.2) is 18.2 Å². The van der Waals surface area contributed by atoms with E-state index < -0.39 is 0 Å². The molecule has 2 amide bonds. The molecule has 1 aromatic rings. The number of rotatable bonds is 4. The van der Waals surface area contributed by atoms with Gasteiger partial charge in [-0.2, -0.15) is 0 Å². The molecule has 0 fully saturated rings. The Bertz CT molecular complexity index is 430. The van der Waals surface area contributed by atoms with Crippen LogP contribution in [0.3, 0.4) is 0 Å². The van der Waals surface area contributed by atoms with E-state index in [1.54, 1.807) is 0 Å². The quantitative estimate of drug-likeness (QED) is 0.866. The van der Waals surface area contributed by atoms with Crippen LogP contribution in [0.1, 0.15) is 45.7 Å². The molecule has 0 saturated heterocycles. The normalized spacial score (nSPS) is 10.9. The van der Waals surface area contributed by atoms with Crippen molar-refractivity contribution in [2.24, 2.45) is 0 Å². The monoisotopic (exact) mass is 262 g/mol. The van der Waals surface area contributed by atoms with Crippen LogP contribution < -0.4 is 5.32 Å². The molecule has 1 aromatic carbocycles. The fourth-order valence-electron chi connectivity index (χ4n) is 2.27. The maximum Gasteiger partial charge on any atom is 0.322 e. The maximum atomic E-state index is 12.4. The van der Waals surface area contributed by atoms with Crippen LogP contribution in [-0.2, 0) is 6.42 Å². The number of carbonyl (C=O) groups is 1. The summed E-state index contributed by atoms with van der Waals surface area (Å²) in [6, 6.07) is 6.58. The molecular formula is C16H26N2O. The van der Waals surface area contributed by atoms with Crippen molar-refractivity contribution >= 4 is 11.7 Å². The molecule has 0 atom stereocenters. The molecule has 0 bridgehead atoms. The molecule has 0 aliphatic carbocycles. The van der Waals surface area contributed by atoms with Gasteiger partial charge in [0.2, 0.25) is 0 Å². The first kappa shape index (κ1) is 15.5. The van der Waals surface area contributed by atoms with Crippen molar-refractivity contribution in [2.75, 3.05) is 5.32 Å². The predicted molar refractivity (Wildman–Crippen MR) is 81.7 cm³/mol. The van der Waals surface area contributed by atoms with Gasteiger partial charge in [0.1, 0.15) is 0 Å². The van der Waals surface area contributed by atoms with Crippen LogP contribution in [0, 0.1) is 6.92 Å². The third-order valence-electron chi connectivity index (χ3n) is 3.30. The highest BCUT2D eigenvalue weighted by Crippen LogP contribution is 2.19. The van der Waals surface area contributed by atoms with E-state index in [9.17, 15) is 4.79 Å². The van der Waals surface area contributed by atoms with Crippen LogP contribution >= 0.6 is 0 Å². The highest BCUT2D eigenvalue weighted by Gasteiger charge is 2.20. The Morgan fingerprint density at radius 2 is 1.79 bits per heavy atom. The van der Waals surface area contributed by atoms with Crippen molar-refractivity contribution in [2.45, 2.75) is 60.0 Å². The molecule has 1 N–H and O–H groups in total. The SMILES string of the molecule is CCc1ccc(C)c(NC(=O)N(C(C)C)C(C)C)c1. The van der Waals surface area contributed by atoms with Gasteiger partial charge in [-0.1, -0.05) is 19.1 Å². The molecule has 3 nitrogen and oxygen atoms in total. The lowest BCUT2D eigenvalue weighted by Gasteiger charge is -2.31. The van der Waals surface area contributed by atoms with E-state index in [1.165, 1.54) is 5.56 Å². The number of carbonyl (C=O) groups excluding carboxylic acids is 1. The number of anilines is 1. The highest BCUT2D eigenvalue weighted by atomic mass is 16.2. The minimum absolute atomic E-state index is 0.0265. The third kappa shape index (κ3) is 3.98. The van der Waals surface area contributed by atoms with Gasteiger partial charge in [-0.15, -0.1) is 0 Å². The number of urea groups is 1. The van der Waals surface area contributed by atoms with Crippen LogP contribution in [-0.4, -0.2) is 23.0 Å². The molecule has 0 aromatic heterocycles. The summed E-state index contributed by atoms with van der Waals surface area (Å²) in [5.74, 6) is 0. The lowest BCUT2D eigenvalue weighted by Crippen LogP contribution is -2.44. The first-order valence-electron chi connectivity index (χ1n) is 7.05.